The molecule has 0 radical (unpaired) electrons. The molecule has 0 aromatic carbocycles. The Bertz CT molecular complexity index is 312. The third kappa shape index (κ3) is 4.82. The van der Waals surface area contributed by atoms with E-state index in [0.29, 0.717) is 6.04 Å². The molecule has 1 atom stereocenters. The predicted molar refractivity (Wildman–Crippen MR) is 73.9 cm³/mol. The van der Waals surface area contributed by atoms with Crippen LogP contribution in [0.25, 0.3) is 0 Å². The smallest absolute Gasteiger partial charge is 0.320 e. The molecule has 1 rings (SSSR count). The van der Waals surface area contributed by atoms with Crippen molar-refractivity contribution in [3.63, 3.8) is 0 Å². The number of hydrogen-bond acceptors (Lipinski definition) is 3. The molecule has 19 heavy (non-hydrogen) atoms. The maximum Gasteiger partial charge on any atom is 0.320 e. The minimum Gasteiger partial charge on any atom is -0.480 e. The van der Waals surface area contributed by atoms with Crippen LogP contribution in [-0.2, 0) is 9.59 Å². The van der Waals surface area contributed by atoms with Crippen LogP contribution in [0, 0.1) is 5.92 Å². The second-order valence-corrected chi connectivity index (χ2v) is 5.74. The van der Waals surface area contributed by atoms with Gasteiger partial charge in [-0.15, -0.1) is 0 Å². The van der Waals surface area contributed by atoms with Gasteiger partial charge in [0.2, 0.25) is 5.91 Å². The molecule has 1 fully saturated rings. The number of carbonyl (C=O) groups is 2. The lowest BCUT2D eigenvalue weighted by molar-refractivity contribution is -0.141. The van der Waals surface area contributed by atoms with Crippen LogP contribution in [0.4, 0.5) is 0 Å². The number of carbonyl (C=O) groups excluding carboxylic acids is 1. The SMILES string of the molecule is CC(C)C(NCC(=O)N(C)C1CCCCC1)C(=O)O. The van der Waals surface area contributed by atoms with Crippen LogP contribution in [0.5, 0.6) is 0 Å². The molecule has 5 nitrogen and oxygen atoms in total. The van der Waals surface area contributed by atoms with Crippen molar-refractivity contribution >= 4 is 11.9 Å². The molecule has 1 aliphatic rings. The maximum atomic E-state index is 12.1. The summed E-state index contributed by atoms with van der Waals surface area (Å²) in [6, 6.07) is -0.339. The first-order chi connectivity index (χ1) is 8.93. The summed E-state index contributed by atoms with van der Waals surface area (Å²) in [7, 11) is 1.82. The van der Waals surface area contributed by atoms with E-state index in [9.17, 15) is 9.59 Å². The van der Waals surface area contributed by atoms with E-state index in [1.807, 2.05) is 20.9 Å². The van der Waals surface area contributed by atoms with Crippen molar-refractivity contribution in [3.05, 3.63) is 0 Å². The van der Waals surface area contributed by atoms with Gasteiger partial charge in [-0.2, -0.15) is 0 Å². The predicted octanol–water partition coefficient (Wildman–Crippen LogP) is 1.48. The van der Waals surface area contributed by atoms with Crippen molar-refractivity contribution in [2.24, 2.45) is 5.92 Å². The molecule has 1 saturated carbocycles. The Morgan fingerprint density at radius 1 is 1.26 bits per heavy atom. The first-order valence-electron chi connectivity index (χ1n) is 7.15. The lowest BCUT2D eigenvalue weighted by Gasteiger charge is -2.31. The summed E-state index contributed by atoms with van der Waals surface area (Å²) in [5, 5.41) is 11.9. The number of rotatable bonds is 6. The number of likely N-dealkylation sites (N-methyl/N-ethyl adjacent to an activating group) is 1. The van der Waals surface area contributed by atoms with Gasteiger partial charge in [-0.1, -0.05) is 33.1 Å². The quantitative estimate of drug-likeness (QED) is 0.767. The number of nitrogens with one attached hydrogen (secondary N) is 1. The highest BCUT2D eigenvalue weighted by Crippen LogP contribution is 2.21. The van der Waals surface area contributed by atoms with Gasteiger partial charge in [0, 0.05) is 13.1 Å². The molecule has 1 unspecified atom stereocenters. The van der Waals surface area contributed by atoms with Crippen molar-refractivity contribution in [3.8, 4) is 0 Å². The third-order valence-corrected chi connectivity index (χ3v) is 3.92. The standard InChI is InChI=1S/C14H26N2O3/c1-10(2)13(14(18)19)15-9-12(17)16(3)11-7-5-4-6-8-11/h10-11,13,15H,4-9H2,1-3H3,(H,18,19). The highest BCUT2D eigenvalue weighted by molar-refractivity contribution is 5.80. The van der Waals surface area contributed by atoms with Crippen molar-refractivity contribution in [1.82, 2.24) is 10.2 Å². The molecule has 0 aromatic rings. The molecule has 1 amide bonds. The molecule has 0 heterocycles. The summed E-state index contributed by atoms with van der Waals surface area (Å²) in [4.78, 5) is 24.9. The van der Waals surface area contributed by atoms with Crippen molar-refractivity contribution in [2.45, 2.75) is 58.0 Å². The number of nitrogens with zero attached hydrogens (tertiary/aromatic N) is 1. The molecular weight excluding hydrogens is 244 g/mol. The van der Waals surface area contributed by atoms with Gasteiger partial charge in [0.1, 0.15) is 6.04 Å². The minimum atomic E-state index is -0.900. The summed E-state index contributed by atoms with van der Waals surface area (Å²) in [5.74, 6) is -0.952. The van der Waals surface area contributed by atoms with E-state index in [1.54, 1.807) is 4.90 Å². The van der Waals surface area contributed by atoms with Crippen LogP contribution in [0.2, 0.25) is 0 Å². The number of aliphatic carboxylic acids is 1. The Hall–Kier alpha value is -1.10. The topological polar surface area (TPSA) is 69.6 Å². The zero-order chi connectivity index (χ0) is 14.4. The van der Waals surface area contributed by atoms with Crippen LogP contribution in [0.3, 0.4) is 0 Å². The molecule has 0 saturated heterocycles. The van der Waals surface area contributed by atoms with E-state index in [0.717, 1.165) is 12.8 Å². The number of carboxylic acid groups (broad SMARTS) is 1. The van der Waals surface area contributed by atoms with E-state index in [2.05, 4.69) is 5.32 Å². The normalized spacial score (nSPS) is 18.3. The summed E-state index contributed by atoms with van der Waals surface area (Å²) in [6.45, 7) is 3.77. The van der Waals surface area contributed by atoms with Gasteiger partial charge < -0.3 is 10.0 Å². The Balaban J connectivity index is 2.42. The zero-order valence-corrected chi connectivity index (χ0v) is 12.2. The van der Waals surface area contributed by atoms with E-state index >= 15 is 0 Å². The Kier molecular flexibility index (Phi) is 6.28. The van der Waals surface area contributed by atoms with Gasteiger partial charge in [0.25, 0.3) is 0 Å². The highest BCUT2D eigenvalue weighted by atomic mass is 16.4. The summed E-state index contributed by atoms with van der Waals surface area (Å²) >= 11 is 0. The van der Waals surface area contributed by atoms with Crippen LogP contribution >= 0.6 is 0 Å². The number of carboxylic acids is 1. The number of amides is 1. The average molecular weight is 270 g/mol. The van der Waals surface area contributed by atoms with Gasteiger partial charge in [-0.3, -0.25) is 14.9 Å². The molecule has 0 aromatic heterocycles. The van der Waals surface area contributed by atoms with Gasteiger partial charge >= 0.3 is 5.97 Å². The zero-order valence-electron chi connectivity index (χ0n) is 12.2. The molecule has 1 aliphatic carbocycles. The molecule has 0 spiro atoms. The third-order valence-electron chi connectivity index (χ3n) is 3.92. The van der Waals surface area contributed by atoms with E-state index in [-0.39, 0.29) is 18.4 Å². The molecule has 2 N–H and O–H groups in total. The molecule has 5 heteroatoms. The molecule has 0 bridgehead atoms. The number of hydrogen-bond donors (Lipinski definition) is 2. The Morgan fingerprint density at radius 2 is 1.84 bits per heavy atom. The van der Waals surface area contributed by atoms with Crippen molar-refractivity contribution in [1.29, 1.82) is 0 Å². The van der Waals surface area contributed by atoms with Crippen molar-refractivity contribution < 1.29 is 14.7 Å². The van der Waals surface area contributed by atoms with Crippen LogP contribution in [-0.4, -0.2) is 47.6 Å². The largest absolute Gasteiger partial charge is 0.480 e. The molecule has 0 aliphatic heterocycles. The lowest BCUT2D eigenvalue weighted by Crippen LogP contribution is -2.48. The minimum absolute atomic E-state index is 0.0150. The fraction of sp³-hybridized carbons (Fsp3) is 0.857. The Morgan fingerprint density at radius 3 is 2.32 bits per heavy atom. The fourth-order valence-electron chi connectivity index (χ4n) is 2.60. The summed E-state index contributed by atoms with van der Waals surface area (Å²) in [6.07, 6.45) is 5.74. The lowest BCUT2D eigenvalue weighted by atomic mass is 9.94. The van der Waals surface area contributed by atoms with Gasteiger partial charge in [-0.05, 0) is 18.8 Å². The van der Waals surface area contributed by atoms with E-state index < -0.39 is 12.0 Å². The maximum absolute atomic E-state index is 12.1. The second kappa shape index (κ2) is 7.48. The van der Waals surface area contributed by atoms with Gasteiger partial charge in [0.05, 0.1) is 6.54 Å². The monoisotopic (exact) mass is 270 g/mol. The summed E-state index contributed by atoms with van der Waals surface area (Å²) < 4.78 is 0. The first kappa shape index (κ1) is 16.0. The van der Waals surface area contributed by atoms with E-state index in [1.165, 1.54) is 19.3 Å². The second-order valence-electron chi connectivity index (χ2n) is 5.74. The van der Waals surface area contributed by atoms with Gasteiger partial charge in [-0.25, -0.2) is 0 Å². The first-order valence-corrected chi connectivity index (χ1v) is 7.15. The fourth-order valence-corrected chi connectivity index (χ4v) is 2.60. The Labute approximate surface area is 115 Å². The van der Waals surface area contributed by atoms with Crippen LogP contribution < -0.4 is 5.32 Å². The van der Waals surface area contributed by atoms with E-state index in [4.69, 9.17) is 5.11 Å². The van der Waals surface area contributed by atoms with Crippen molar-refractivity contribution in [2.75, 3.05) is 13.6 Å². The average Bonchev–Trinajstić information content (AvgIpc) is 2.38. The van der Waals surface area contributed by atoms with Gasteiger partial charge in [0.15, 0.2) is 0 Å². The van der Waals surface area contributed by atoms with Crippen LogP contribution in [0.15, 0.2) is 0 Å². The summed E-state index contributed by atoms with van der Waals surface area (Å²) in [5.41, 5.74) is 0. The molecule has 110 valence electrons. The molecular formula is C14H26N2O3. The highest BCUT2D eigenvalue weighted by Gasteiger charge is 2.25. The van der Waals surface area contributed by atoms with Crippen LogP contribution in [0.1, 0.15) is 46.0 Å².